The number of rotatable bonds is 4. The van der Waals surface area contributed by atoms with Crippen LogP contribution in [0.4, 0.5) is 0 Å². The molecular weight excluding hydrogens is 348 g/mol. The van der Waals surface area contributed by atoms with Gasteiger partial charge in [-0.2, -0.15) is 5.10 Å². The molecule has 1 aromatic heterocycles. The molecule has 4 rings (SSSR count). The van der Waals surface area contributed by atoms with Gasteiger partial charge in [-0.05, 0) is 36.8 Å². The summed E-state index contributed by atoms with van der Waals surface area (Å²) in [5, 5.41) is 14.2. The molecule has 0 saturated heterocycles. The molecule has 0 saturated carbocycles. The molecular formula is C20H18N2O3S. The zero-order chi connectivity index (χ0) is 18.3. The second kappa shape index (κ2) is 6.53. The first-order valence-electron chi connectivity index (χ1n) is 8.40. The molecule has 0 bridgehead atoms. The van der Waals surface area contributed by atoms with Crippen LogP contribution < -0.4 is 4.74 Å². The summed E-state index contributed by atoms with van der Waals surface area (Å²) in [5.41, 5.74) is 3.62. The molecule has 1 aliphatic heterocycles. The lowest BCUT2D eigenvalue weighted by Crippen LogP contribution is -2.08. The van der Waals surface area contributed by atoms with E-state index < -0.39 is 5.97 Å². The number of para-hydroxylation sites is 1. The van der Waals surface area contributed by atoms with Crippen LogP contribution in [0.25, 0.3) is 16.9 Å². The van der Waals surface area contributed by atoms with Gasteiger partial charge in [0, 0.05) is 21.3 Å². The lowest BCUT2D eigenvalue weighted by molar-refractivity contribution is 0.0688. The molecule has 2 aromatic carbocycles. The summed E-state index contributed by atoms with van der Waals surface area (Å²) in [5.74, 6) is -0.203. The van der Waals surface area contributed by atoms with E-state index in [0.29, 0.717) is 0 Å². The zero-order valence-corrected chi connectivity index (χ0v) is 15.3. The van der Waals surface area contributed by atoms with Crippen molar-refractivity contribution < 1.29 is 14.6 Å². The number of aromatic nitrogens is 2. The molecule has 132 valence electrons. The molecule has 1 N–H and O–H groups in total. The van der Waals surface area contributed by atoms with Crippen molar-refractivity contribution in [3.8, 4) is 22.7 Å². The first kappa shape index (κ1) is 16.7. The summed E-state index contributed by atoms with van der Waals surface area (Å²) >= 11 is 1.67. The molecule has 6 heteroatoms. The molecule has 1 atom stereocenters. The lowest BCUT2D eigenvalue weighted by Gasteiger charge is -2.25. The first-order valence-corrected chi connectivity index (χ1v) is 9.28. The van der Waals surface area contributed by atoms with Crippen molar-refractivity contribution in [3.05, 3.63) is 59.8 Å². The fourth-order valence-electron chi connectivity index (χ4n) is 3.33. The number of hydrogen-bond donors (Lipinski definition) is 1. The van der Waals surface area contributed by atoms with Crippen LogP contribution in [0, 0.1) is 0 Å². The summed E-state index contributed by atoms with van der Waals surface area (Å²) in [6.07, 6.45) is 0.815. The number of carboxylic acids is 1. The number of carboxylic acid groups (broad SMARTS) is 1. The molecule has 5 nitrogen and oxygen atoms in total. The van der Waals surface area contributed by atoms with Gasteiger partial charge < -0.3 is 9.84 Å². The number of aromatic carboxylic acids is 1. The molecule has 3 aromatic rings. The Hall–Kier alpha value is -2.73. The fourth-order valence-corrected chi connectivity index (χ4v) is 4.62. The van der Waals surface area contributed by atoms with E-state index in [9.17, 15) is 9.90 Å². The van der Waals surface area contributed by atoms with E-state index in [-0.39, 0.29) is 10.9 Å². The van der Waals surface area contributed by atoms with Crippen LogP contribution in [0.15, 0.2) is 53.4 Å². The molecule has 1 unspecified atom stereocenters. The number of ether oxygens (including phenoxy) is 1. The van der Waals surface area contributed by atoms with Crippen molar-refractivity contribution in [2.45, 2.75) is 23.5 Å². The maximum Gasteiger partial charge on any atom is 0.356 e. The van der Waals surface area contributed by atoms with E-state index in [1.807, 2.05) is 48.5 Å². The van der Waals surface area contributed by atoms with E-state index in [0.717, 1.165) is 39.6 Å². The lowest BCUT2D eigenvalue weighted by atomic mass is 10.00. The monoisotopic (exact) mass is 366 g/mol. The predicted molar refractivity (Wildman–Crippen MR) is 101 cm³/mol. The van der Waals surface area contributed by atoms with E-state index in [4.69, 9.17) is 4.74 Å². The average Bonchev–Trinajstić information content (AvgIpc) is 3.08. The Balaban J connectivity index is 2.04. The molecule has 0 amide bonds. The van der Waals surface area contributed by atoms with E-state index in [2.05, 4.69) is 12.0 Å². The Kier molecular flexibility index (Phi) is 4.20. The summed E-state index contributed by atoms with van der Waals surface area (Å²) < 4.78 is 7.12. The van der Waals surface area contributed by atoms with Gasteiger partial charge in [-0.15, -0.1) is 11.8 Å². The third-order valence-electron chi connectivity index (χ3n) is 4.53. The summed E-state index contributed by atoms with van der Waals surface area (Å²) in [4.78, 5) is 13.0. The smallest absolute Gasteiger partial charge is 0.356 e. The highest BCUT2D eigenvalue weighted by Gasteiger charge is 2.34. The number of thioether (sulfide) groups is 1. The molecule has 2 heterocycles. The SMILES string of the molecule is CCC1Sc2cc(OC)ccc2-c2c1c(C(=O)O)nn2-c1ccccc1. The van der Waals surface area contributed by atoms with Gasteiger partial charge in [0.05, 0.1) is 18.5 Å². The maximum absolute atomic E-state index is 11.9. The highest BCUT2D eigenvalue weighted by Crippen LogP contribution is 2.52. The normalized spacial score (nSPS) is 15.2. The summed E-state index contributed by atoms with van der Waals surface area (Å²) in [6.45, 7) is 2.07. The molecule has 0 aliphatic carbocycles. The maximum atomic E-state index is 11.9. The third-order valence-corrected chi connectivity index (χ3v) is 5.98. The van der Waals surface area contributed by atoms with Gasteiger partial charge in [-0.1, -0.05) is 25.1 Å². The Labute approximate surface area is 155 Å². The summed E-state index contributed by atoms with van der Waals surface area (Å²) in [6, 6.07) is 15.5. The fraction of sp³-hybridized carbons (Fsp3) is 0.200. The Bertz CT molecular complexity index is 982. The molecule has 0 radical (unpaired) electrons. The van der Waals surface area contributed by atoms with Gasteiger partial charge in [0.25, 0.3) is 0 Å². The Morgan fingerprint density at radius 1 is 1.27 bits per heavy atom. The molecule has 0 fully saturated rings. The predicted octanol–water partition coefficient (Wildman–Crippen LogP) is 4.80. The van der Waals surface area contributed by atoms with E-state index in [1.54, 1.807) is 23.6 Å². The average molecular weight is 366 g/mol. The highest BCUT2D eigenvalue weighted by molar-refractivity contribution is 7.99. The van der Waals surface area contributed by atoms with Gasteiger partial charge >= 0.3 is 5.97 Å². The minimum absolute atomic E-state index is 0.0353. The number of carbonyl (C=O) groups is 1. The third kappa shape index (κ3) is 2.57. The van der Waals surface area contributed by atoms with Gasteiger partial charge in [0.1, 0.15) is 5.75 Å². The second-order valence-electron chi connectivity index (χ2n) is 6.04. The summed E-state index contributed by atoms with van der Waals surface area (Å²) in [7, 11) is 1.65. The second-order valence-corrected chi connectivity index (χ2v) is 7.28. The van der Waals surface area contributed by atoms with Crippen molar-refractivity contribution >= 4 is 17.7 Å². The van der Waals surface area contributed by atoms with Crippen molar-refractivity contribution in [1.82, 2.24) is 9.78 Å². The number of methoxy groups -OCH3 is 1. The Morgan fingerprint density at radius 2 is 2.04 bits per heavy atom. The quantitative estimate of drug-likeness (QED) is 0.718. The van der Waals surface area contributed by atoms with Crippen LogP contribution in [0.1, 0.15) is 34.6 Å². The highest BCUT2D eigenvalue weighted by atomic mass is 32.2. The van der Waals surface area contributed by atoms with E-state index >= 15 is 0 Å². The van der Waals surface area contributed by atoms with Crippen molar-refractivity contribution in [2.75, 3.05) is 7.11 Å². The van der Waals surface area contributed by atoms with Gasteiger partial charge in [-0.3, -0.25) is 0 Å². The van der Waals surface area contributed by atoms with E-state index in [1.165, 1.54) is 0 Å². The number of fused-ring (bicyclic) bond motifs is 3. The zero-order valence-electron chi connectivity index (χ0n) is 14.5. The van der Waals surface area contributed by atoms with Crippen molar-refractivity contribution in [1.29, 1.82) is 0 Å². The van der Waals surface area contributed by atoms with Gasteiger partial charge in [0.15, 0.2) is 5.69 Å². The first-order chi connectivity index (χ1) is 12.6. The van der Waals surface area contributed by atoms with Crippen LogP contribution in [0.3, 0.4) is 0 Å². The van der Waals surface area contributed by atoms with Crippen LogP contribution in [0.2, 0.25) is 0 Å². The van der Waals surface area contributed by atoms with Crippen LogP contribution in [0.5, 0.6) is 5.75 Å². The number of hydrogen-bond acceptors (Lipinski definition) is 4. The van der Waals surface area contributed by atoms with Gasteiger partial charge in [0.2, 0.25) is 0 Å². The minimum Gasteiger partial charge on any atom is -0.497 e. The molecule has 26 heavy (non-hydrogen) atoms. The topological polar surface area (TPSA) is 64.3 Å². The van der Waals surface area contributed by atoms with Crippen molar-refractivity contribution in [2.24, 2.45) is 0 Å². The van der Waals surface area contributed by atoms with Crippen LogP contribution in [-0.2, 0) is 0 Å². The van der Waals surface area contributed by atoms with Crippen molar-refractivity contribution in [3.63, 3.8) is 0 Å². The van der Waals surface area contributed by atoms with Crippen LogP contribution in [-0.4, -0.2) is 28.0 Å². The van der Waals surface area contributed by atoms with Crippen LogP contribution >= 0.6 is 11.8 Å². The van der Waals surface area contributed by atoms with Gasteiger partial charge in [-0.25, -0.2) is 9.48 Å². The minimum atomic E-state index is -0.994. The molecule has 0 spiro atoms. The Morgan fingerprint density at radius 3 is 2.69 bits per heavy atom. The largest absolute Gasteiger partial charge is 0.497 e. The molecule has 1 aliphatic rings. The standard InChI is InChI=1S/C20H18N2O3S/c1-3-15-17-18(20(23)24)21-22(12-7-5-4-6-8-12)19(17)14-10-9-13(25-2)11-16(14)26-15/h4-11,15H,3H2,1-2H3,(H,23,24). The number of benzene rings is 2. The number of nitrogens with zero attached hydrogens (tertiary/aromatic N) is 2.